The Morgan fingerprint density at radius 1 is 1.58 bits per heavy atom. The molecule has 5 heteroatoms. The summed E-state index contributed by atoms with van der Waals surface area (Å²) in [5.74, 6) is 0.464. The third kappa shape index (κ3) is 0.820. The zero-order valence-corrected chi connectivity index (χ0v) is 6.39. The number of aromatic nitrogens is 4. The third-order valence-electron chi connectivity index (χ3n) is 1.49. The van der Waals surface area contributed by atoms with Gasteiger partial charge in [0.05, 0.1) is 0 Å². The molecule has 5 nitrogen and oxygen atoms in total. The first-order valence-corrected chi connectivity index (χ1v) is 3.39. The fourth-order valence-corrected chi connectivity index (χ4v) is 1.01. The van der Waals surface area contributed by atoms with E-state index in [-0.39, 0.29) is 0 Å². The van der Waals surface area contributed by atoms with Crippen LogP contribution in [0.4, 0.5) is 0 Å². The first-order chi connectivity index (χ1) is 5.81. The van der Waals surface area contributed by atoms with Crippen molar-refractivity contribution in [1.82, 2.24) is 19.6 Å². The maximum atomic E-state index is 8.71. The van der Waals surface area contributed by atoms with Gasteiger partial charge in [-0.2, -0.15) is 19.9 Å². The molecule has 0 fully saturated rings. The fourth-order valence-electron chi connectivity index (χ4n) is 1.01. The van der Waals surface area contributed by atoms with E-state index in [1.807, 2.05) is 13.0 Å². The van der Waals surface area contributed by atoms with Crippen LogP contribution in [0.15, 0.2) is 12.4 Å². The highest BCUT2D eigenvalue weighted by Gasteiger charge is 2.02. The standard InChI is InChI=1S/C7H5N5/c1-5-2-6(3-8)12-7(11-5)9-4-10-12/h2,4H,1H3. The van der Waals surface area contributed by atoms with Gasteiger partial charge in [0, 0.05) is 5.69 Å². The van der Waals surface area contributed by atoms with E-state index in [4.69, 9.17) is 5.26 Å². The van der Waals surface area contributed by atoms with Gasteiger partial charge < -0.3 is 0 Å². The molecule has 2 aromatic heterocycles. The summed E-state index contributed by atoms with van der Waals surface area (Å²) in [5.41, 5.74) is 1.22. The van der Waals surface area contributed by atoms with Crippen LogP contribution in [0.5, 0.6) is 0 Å². The lowest BCUT2D eigenvalue weighted by atomic mass is 10.3. The quantitative estimate of drug-likeness (QED) is 0.554. The van der Waals surface area contributed by atoms with E-state index in [9.17, 15) is 0 Å². The Morgan fingerprint density at radius 3 is 3.17 bits per heavy atom. The predicted octanol–water partition coefficient (Wildman–Crippen LogP) is 0.304. The molecular weight excluding hydrogens is 154 g/mol. The van der Waals surface area contributed by atoms with Gasteiger partial charge in [0.15, 0.2) is 0 Å². The molecule has 0 amide bonds. The summed E-state index contributed by atoms with van der Waals surface area (Å²) in [6.45, 7) is 1.82. The van der Waals surface area contributed by atoms with Gasteiger partial charge >= 0.3 is 0 Å². The molecule has 0 saturated carbocycles. The van der Waals surface area contributed by atoms with Crippen molar-refractivity contribution in [3.63, 3.8) is 0 Å². The molecule has 58 valence electrons. The van der Waals surface area contributed by atoms with Crippen LogP contribution in [0.3, 0.4) is 0 Å². The van der Waals surface area contributed by atoms with E-state index in [1.165, 1.54) is 10.8 Å². The van der Waals surface area contributed by atoms with Crippen LogP contribution >= 0.6 is 0 Å². The molecule has 2 heterocycles. The van der Waals surface area contributed by atoms with E-state index in [0.717, 1.165) is 5.69 Å². The first kappa shape index (κ1) is 6.73. The minimum atomic E-state index is 0.454. The molecule has 0 saturated heterocycles. The average Bonchev–Trinajstić information content (AvgIpc) is 2.50. The SMILES string of the molecule is Cc1cc(C#N)n2ncnc2n1. The number of hydrogen-bond acceptors (Lipinski definition) is 4. The number of rotatable bonds is 0. The van der Waals surface area contributed by atoms with Gasteiger partial charge in [0.25, 0.3) is 5.78 Å². The van der Waals surface area contributed by atoms with Crippen molar-refractivity contribution in [1.29, 1.82) is 5.26 Å². The molecule has 2 rings (SSSR count). The number of nitrogens with zero attached hydrogens (tertiary/aromatic N) is 5. The number of fused-ring (bicyclic) bond motifs is 1. The molecule has 0 atom stereocenters. The molecule has 0 aliphatic carbocycles. The second-order valence-electron chi connectivity index (χ2n) is 2.37. The summed E-state index contributed by atoms with van der Waals surface area (Å²) in [7, 11) is 0. The molecule has 0 radical (unpaired) electrons. The highest BCUT2D eigenvalue weighted by molar-refractivity contribution is 5.34. The van der Waals surface area contributed by atoms with Crippen molar-refractivity contribution in [2.24, 2.45) is 0 Å². The molecule has 0 aliphatic heterocycles. The van der Waals surface area contributed by atoms with E-state index >= 15 is 0 Å². The zero-order chi connectivity index (χ0) is 8.55. The molecule has 0 N–H and O–H groups in total. The van der Waals surface area contributed by atoms with Crippen LogP contribution in [0, 0.1) is 18.3 Å². The first-order valence-electron chi connectivity index (χ1n) is 3.39. The Kier molecular flexibility index (Phi) is 1.27. The van der Waals surface area contributed by atoms with Crippen LogP contribution < -0.4 is 0 Å². The maximum Gasteiger partial charge on any atom is 0.253 e. The zero-order valence-electron chi connectivity index (χ0n) is 6.39. The van der Waals surface area contributed by atoms with Crippen LogP contribution in [0.1, 0.15) is 11.4 Å². The number of hydrogen-bond donors (Lipinski definition) is 0. The summed E-state index contributed by atoms with van der Waals surface area (Å²) in [4.78, 5) is 7.96. The smallest absolute Gasteiger partial charge is 0.216 e. The largest absolute Gasteiger partial charge is 0.253 e. The minimum absolute atomic E-state index is 0.454. The van der Waals surface area contributed by atoms with E-state index in [1.54, 1.807) is 6.07 Å². The van der Waals surface area contributed by atoms with Gasteiger partial charge in [-0.1, -0.05) is 0 Å². The lowest BCUT2D eigenvalue weighted by Gasteiger charge is -1.95. The normalized spacial score (nSPS) is 10.0. The average molecular weight is 159 g/mol. The minimum Gasteiger partial charge on any atom is -0.216 e. The molecule has 0 spiro atoms. The van der Waals surface area contributed by atoms with Gasteiger partial charge in [-0.3, -0.25) is 0 Å². The van der Waals surface area contributed by atoms with Crippen molar-refractivity contribution in [3.8, 4) is 6.07 Å². The number of nitriles is 1. The molecule has 0 aliphatic rings. The molecule has 0 bridgehead atoms. The van der Waals surface area contributed by atoms with Crippen molar-refractivity contribution >= 4 is 5.78 Å². The van der Waals surface area contributed by atoms with E-state index < -0.39 is 0 Å². The lowest BCUT2D eigenvalue weighted by Crippen LogP contribution is -1.98. The summed E-state index contributed by atoms with van der Waals surface area (Å²) < 4.78 is 1.41. The van der Waals surface area contributed by atoms with Crippen LogP contribution in [0.2, 0.25) is 0 Å². The Morgan fingerprint density at radius 2 is 2.42 bits per heavy atom. The number of aryl methyl sites for hydroxylation is 1. The van der Waals surface area contributed by atoms with Crippen LogP contribution in [-0.4, -0.2) is 19.6 Å². The lowest BCUT2D eigenvalue weighted by molar-refractivity contribution is 0.910. The van der Waals surface area contributed by atoms with Crippen molar-refractivity contribution in [2.45, 2.75) is 6.92 Å². The van der Waals surface area contributed by atoms with E-state index in [2.05, 4.69) is 15.1 Å². The summed E-state index contributed by atoms with van der Waals surface area (Å²) in [6.07, 6.45) is 1.38. The van der Waals surface area contributed by atoms with Gasteiger partial charge in [0.1, 0.15) is 18.1 Å². The Bertz CT molecular complexity index is 464. The molecule has 2 aromatic rings. The summed E-state index contributed by atoms with van der Waals surface area (Å²) >= 11 is 0. The molecule has 0 unspecified atom stereocenters. The van der Waals surface area contributed by atoms with Crippen molar-refractivity contribution in [2.75, 3.05) is 0 Å². The van der Waals surface area contributed by atoms with Gasteiger partial charge in [0.2, 0.25) is 0 Å². The van der Waals surface area contributed by atoms with Gasteiger partial charge in [-0.15, -0.1) is 0 Å². The Hall–Kier alpha value is -1.96. The van der Waals surface area contributed by atoms with Crippen LogP contribution in [-0.2, 0) is 0 Å². The monoisotopic (exact) mass is 159 g/mol. The summed E-state index contributed by atoms with van der Waals surface area (Å²) in [6, 6.07) is 3.69. The predicted molar refractivity (Wildman–Crippen MR) is 40.2 cm³/mol. The second-order valence-corrected chi connectivity index (χ2v) is 2.37. The molecule has 0 aromatic carbocycles. The topological polar surface area (TPSA) is 66.9 Å². The maximum absolute atomic E-state index is 8.71. The van der Waals surface area contributed by atoms with E-state index in [0.29, 0.717) is 11.5 Å². The molecular formula is C7H5N5. The Labute approximate surface area is 68.3 Å². The van der Waals surface area contributed by atoms with Gasteiger partial charge in [-0.05, 0) is 13.0 Å². The van der Waals surface area contributed by atoms with Crippen molar-refractivity contribution < 1.29 is 0 Å². The fraction of sp³-hybridized carbons (Fsp3) is 0.143. The summed E-state index contributed by atoms with van der Waals surface area (Å²) in [5, 5.41) is 12.6. The third-order valence-corrected chi connectivity index (χ3v) is 1.49. The highest BCUT2D eigenvalue weighted by atomic mass is 15.3. The van der Waals surface area contributed by atoms with Gasteiger partial charge in [-0.25, -0.2) is 4.98 Å². The Balaban J connectivity index is 2.91. The van der Waals surface area contributed by atoms with Crippen LogP contribution in [0.25, 0.3) is 5.78 Å². The molecule has 12 heavy (non-hydrogen) atoms. The second kappa shape index (κ2) is 2.27. The van der Waals surface area contributed by atoms with Crippen molar-refractivity contribution in [3.05, 3.63) is 23.8 Å². The highest BCUT2D eigenvalue weighted by Crippen LogP contribution is 2.02.